The molecule has 0 aliphatic rings. The van der Waals surface area contributed by atoms with E-state index in [1.165, 1.54) is 0 Å². The zero-order valence-electron chi connectivity index (χ0n) is 7.96. The molecule has 0 aromatic carbocycles. The second-order valence-electron chi connectivity index (χ2n) is 3.78. The van der Waals surface area contributed by atoms with Crippen LogP contribution in [0.25, 0.3) is 0 Å². The molecule has 0 spiro atoms. The highest BCUT2D eigenvalue weighted by Crippen LogP contribution is 2.34. The molecule has 2 nitrogen and oxygen atoms in total. The summed E-state index contributed by atoms with van der Waals surface area (Å²) in [4.78, 5) is 0. The van der Waals surface area contributed by atoms with Crippen LogP contribution in [-0.4, -0.2) is 16.5 Å². The van der Waals surface area contributed by atoms with Crippen molar-refractivity contribution in [2.75, 3.05) is 0 Å². The van der Waals surface area contributed by atoms with Crippen molar-refractivity contribution in [2.24, 2.45) is 11.3 Å². The summed E-state index contributed by atoms with van der Waals surface area (Å²) in [6, 6.07) is 0. The molecule has 0 rings (SSSR count). The van der Waals surface area contributed by atoms with E-state index in [0.717, 1.165) is 12.8 Å². The van der Waals surface area contributed by atoms with Crippen molar-refractivity contribution in [3.63, 3.8) is 0 Å². The second kappa shape index (κ2) is 4.07. The summed E-state index contributed by atoms with van der Waals surface area (Å²) >= 11 is 0. The van der Waals surface area contributed by atoms with Crippen LogP contribution in [0.1, 0.15) is 40.5 Å². The number of aliphatic hydroxyl groups excluding tert-OH is 1. The fraction of sp³-hybridized carbons (Fsp3) is 1.00. The van der Waals surface area contributed by atoms with Crippen molar-refractivity contribution in [3.8, 4) is 0 Å². The van der Waals surface area contributed by atoms with E-state index in [9.17, 15) is 0 Å². The van der Waals surface area contributed by atoms with Gasteiger partial charge in [-0.15, -0.1) is 0 Å². The van der Waals surface area contributed by atoms with Crippen molar-refractivity contribution >= 4 is 0 Å². The molecule has 1 atom stereocenters. The molecule has 0 heterocycles. The first-order valence-electron chi connectivity index (χ1n) is 4.31. The van der Waals surface area contributed by atoms with Gasteiger partial charge in [0, 0.05) is 5.41 Å². The molecule has 68 valence electrons. The standard InChI is InChI=1S/C9H20O2/c1-5-6-9(4,7(2)3)8(10)11/h7-8,10-11H,5-6H2,1-4H3. The topological polar surface area (TPSA) is 40.5 Å². The van der Waals surface area contributed by atoms with Crippen LogP contribution in [0.4, 0.5) is 0 Å². The van der Waals surface area contributed by atoms with Gasteiger partial charge in [0.1, 0.15) is 0 Å². The molecule has 0 bridgehead atoms. The molecule has 0 radical (unpaired) electrons. The third kappa shape index (κ3) is 2.46. The van der Waals surface area contributed by atoms with Crippen LogP contribution in [0.2, 0.25) is 0 Å². The van der Waals surface area contributed by atoms with Crippen molar-refractivity contribution < 1.29 is 10.2 Å². The van der Waals surface area contributed by atoms with Gasteiger partial charge < -0.3 is 10.2 Å². The third-order valence-electron chi connectivity index (χ3n) is 2.70. The Morgan fingerprint density at radius 1 is 1.27 bits per heavy atom. The summed E-state index contributed by atoms with van der Waals surface area (Å²) in [6.07, 6.45) is 0.664. The zero-order valence-corrected chi connectivity index (χ0v) is 7.96. The van der Waals surface area contributed by atoms with Gasteiger partial charge in [-0.3, -0.25) is 0 Å². The maximum atomic E-state index is 9.13. The fourth-order valence-corrected chi connectivity index (χ4v) is 1.25. The van der Waals surface area contributed by atoms with Gasteiger partial charge in [-0.25, -0.2) is 0 Å². The minimum absolute atomic E-state index is 0.308. The first-order chi connectivity index (χ1) is 4.95. The Morgan fingerprint density at radius 3 is 1.82 bits per heavy atom. The average Bonchev–Trinajstić information content (AvgIpc) is 1.87. The summed E-state index contributed by atoms with van der Waals surface area (Å²) in [6.45, 7) is 8.03. The lowest BCUT2D eigenvalue weighted by Gasteiger charge is -2.35. The Balaban J connectivity index is 4.26. The molecule has 0 saturated carbocycles. The number of hydrogen-bond acceptors (Lipinski definition) is 2. The Morgan fingerprint density at radius 2 is 1.73 bits per heavy atom. The number of rotatable bonds is 4. The molecule has 0 aliphatic heterocycles. The van der Waals surface area contributed by atoms with Crippen LogP contribution in [0.15, 0.2) is 0 Å². The van der Waals surface area contributed by atoms with Gasteiger partial charge in [-0.1, -0.05) is 34.1 Å². The van der Waals surface area contributed by atoms with E-state index in [-0.39, 0.29) is 5.41 Å². The van der Waals surface area contributed by atoms with Crippen LogP contribution in [0.5, 0.6) is 0 Å². The van der Waals surface area contributed by atoms with Crippen LogP contribution in [-0.2, 0) is 0 Å². The lowest BCUT2D eigenvalue weighted by Crippen LogP contribution is -2.36. The minimum Gasteiger partial charge on any atom is -0.368 e. The molecule has 1 unspecified atom stereocenters. The summed E-state index contributed by atoms with van der Waals surface area (Å²) < 4.78 is 0. The van der Waals surface area contributed by atoms with E-state index in [2.05, 4.69) is 6.92 Å². The summed E-state index contributed by atoms with van der Waals surface area (Å²) in [7, 11) is 0. The van der Waals surface area contributed by atoms with Crippen molar-refractivity contribution in [1.29, 1.82) is 0 Å². The zero-order chi connectivity index (χ0) is 9.07. The smallest absolute Gasteiger partial charge is 0.157 e. The van der Waals surface area contributed by atoms with Crippen molar-refractivity contribution in [2.45, 2.75) is 46.8 Å². The van der Waals surface area contributed by atoms with Crippen molar-refractivity contribution in [3.05, 3.63) is 0 Å². The summed E-state index contributed by atoms with van der Waals surface area (Å²) in [5.74, 6) is 0.308. The van der Waals surface area contributed by atoms with Crippen molar-refractivity contribution in [1.82, 2.24) is 0 Å². The molecule has 0 aromatic rings. The fourth-order valence-electron chi connectivity index (χ4n) is 1.25. The highest BCUT2D eigenvalue weighted by Gasteiger charge is 2.33. The average molecular weight is 160 g/mol. The second-order valence-corrected chi connectivity index (χ2v) is 3.78. The minimum atomic E-state index is -1.19. The summed E-state index contributed by atoms with van der Waals surface area (Å²) in [5, 5.41) is 18.3. The first-order valence-corrected chi connectivity index (χ1v) is 4.31. The maximum Gasteiger partial charge on any atom is 0.157 e. The Kier molecular flexibility index (Phi) is 4.04. The highest BCUT2D eigenvalue weighted by molar-refractivity contribution is 4.78. The van der Waals surface area contributed by atoms with Gasteiger partial charge in [0.2, 0.25) is 0 Å². The van der Waals surface area contributed by atoms with Gasteiger partial charge in [0.05, 0.1) is 0 Å². The molecular weight excluding hydrogens is 140 g/mol. The number of aliphatic hydroxyl groups is 2. The Labute approximate surface area is 69.2 Å². The first kappa shape index (κ1) is 10.9. The quantitative estimate of drug-likeness (QED) is 0.615. The lowest BCUT2D eigenvalue weighted by atomic mass is 9.75. The van der Waals surface area contributed by atoms with Crippen LogP contribution >= 0.6 is 0 Å². The van der Waals surface area contributed by atoms with Crippen LogP contribution in [0.3, 0.4) is 0 Å². The van der Waals surface area contributed by atoms with E-state index in [4.69, 9.17) is 10.2 Å². The predicted octanol–water partition coefficient (Wildman–Crippen LogP) is 1.76. The molecule has 0 amide bonds. The molecule has 2 N–H and O–H groups in total. The van der Waals surface area contributed by atoms with Gasteiger partial charge in [-0.2, -0.15) is 0 Å². The number of hydrogen-bond donors (Lipinski definition) is 2. The molecule has 2 heteroatoms. The molecule has 11 heavy (non-hydrogen) atoms. The van der Waals surface area contributed by atoms with E-state index in [1.807, 2.05) is 20.8 Å². The van der Waals surface area contributed by atoms with Crippen LogP contribution < -0.4 is 0 Å². The normalized spacial score (nSPS) is 17.5. The largest absolute Gasteiger partial charge is 0.368 e. The van der Waals surface area contributed by atoms with Gasteiger partial charge in [0.25, 0.3) is 0 Å². The van der Waals surface area contributed by atoms with Gasteiger partial charge in [-0.05, 0) is 12.3 Å². The summed E-state index contributed by atoms with van der Waals surface area (Å²) in [5.41, 5.74) is -0.339. The lowest BCUT2D eigenvalue weighted by molar-refractivity contribution is -0.149. The molecule has 0 aromatic heterocycles. The van der Waals surface area contributed by atoms with Crippen LogP contribution in [0, 0.1) is 11.3 Å². The Bertz CT molecular complexity index is 100. The van der Waals surface area contributed by atoms with E-state index in [0.29, 0.717) is 5.92 Å². The van der Waals surface area contributed by atoms with Gasteiger partial charge in [0.15, 0.2) is 6.29 Å². The highest BCUT2D eigenvalue weighted by atomic mass is 16.5. The van der Waals surface area contributed by atoms with E-state index in [1.54, 1.807) is 0 Å². The maximum absolute atomic E-state index is 9.13. The molecule has 0 fully saturated rings. The van der Waals surface area contributed by atoms with E-state index < -0.39 is 6.29 Å². The van der Waals surface area contributed by atoms with Gasteiger partial charge >= 0.3 is 0 Å². The SMILES string of the molecule is CCCC(C)(C(C)C)C(O)O. The molecule has 0 saturated heterocycles. The van der Waals surface area contributed by atoms with E-state index >= 15 is 0 Å². The molecule has 0 aliphatic carbocycles. The molecular formula is C9H20O2. The third-order valence-corrected chi connectivity index (χ3v) is 2.70. The monoisotopic (exact) mass is 160 g/mol. The Hall–Kier alpha value is -0.0800. The predicted molar refractivity (Wildman–Crippen MR) is 46.1 cm³/mol.